The fourth-order valence-corrected chi connectivity index (χ4v) is 5.02. The molecule has 216 valence electrons. The van der Waals surface area contributed by atoms with Gasteiger partial charge in [-0.1, -0.05) is 59.6 Å². The molecule has 10 nitrogen and oxygen atoms in total. The van der Waals surface area contributed by atoms with E-state index in [9.17, 15) is 19.7 Å². The summed E-state index contributed by atoms with van der Waals surface area (Å²) < 4.78 is 3.86. The van der Waals surface area contributed by atoms with E-state index < -0.39 is 10.8 Å². The zero-order valence-corrected chi connectivity index (χ0v) is 23.9. The Labute approximate surface area is 247 Å². The Kier molecular flexibility index (Phi) is 11.9. The summed E-state index contributed by atoms with van der Waals surface area (Å²) in [6.07, 6.45) is 2.02. The van der Waals surface area contributed by atoms with Crippen LogP contribution in [0, 0.1) is 10.1 Å². The SMILES string of the molecule is COC=O.O=C(CCN1CCCc2ccc([N+](=O)[O-])cc21)NCCNC(=O)c1c(Cl)cc(-c2ccccc2)cc1Cl. The standard InChI is InChI=1S/C27H26Cl2N4O4.C2H4O2/c28-22-15-20(18-5-2-1-3-6-18)16-23(29)26(22)27(35)31-12-11-30-25(34)10-14-32-13-4-7-19-8-9-21(33(36)37)17-24(19)32;1-4-2-3/h1-3,5-6,8-9,15-17H,4,7,10-14H2,(H,30,34)(H,31,35);2H,1H3. The van der Waals surface area contributed by atoms with Crippen LogP contribution < -0.4 is 15.5 Å². The molecule has 1 aliphatic heterocycles. The van der Waals surface area contributed by atoms with E-state index in [1.54, 1.807) is 24.3 Å². The maximum atomic E-state index is 12.7. The molecule has 0 saturated carbocycles. The molecule has 1 aliphatic rings. The van der Waals surface area contributed by atoms with Crippen molar-refractivity contribution >= 4 is 52.9 Å². The summed E-state index contributed by atoms with van der Waals surface area (Å²) in [5.74, 6) is -0.592. The van der Waals surface area contributed by atoms with Crippen LogP contribution in [0.15, 0.2) is 60.7 Å². The molecule has 0 fully saturated rings. The summed E-state index contributed by atoms with van der Waals surface area (Å²) in [5, 5.41) is 17.1. The van der Waals surface area contributed by atoms with Gasteiger partial charge in [-0.3, -0.25) is 24.5 Å². The van der Waals surface area contributed by atoms with Crippen molar-refractivity contribution in [2.24, 2.45) is 0 Å². The Morgan fingerprint density at radius 1 is 1.02 bits per heavy atom. The van der Waals surface area contributed by atoms with E-state index in [0.29, 0.717) is 13.0 Å². The molecule has 3 aromatic carbocycles. The highest BCUT2D eigenvalue weighted by Crippen LogP contribution is 2.32. The summed E-state index contributed by atoms with van der Waals surface area (Å²) in [4.78, 5) is 46.7. The number of hydrogen-bond donors (Lipinski definition) is 2. The van der Waals surface area contributed by atoms with Crippen molar-refractivity contribution in [3.8, 4) is 11.1 Å². The summed E-state index contributed by atoms with van der Waals surface area (Å²) in [7, 11) is 1.31. The van der Waals surface area contributed by atoms with Gasteiger partial charge in [0.25, 0.3) is 18.1 Å². The number of nitrogens with one attached hydrogen (secondary N) is 2. The van der Waals surface area contributed by atoms with Crippen molar-refractivity contribution < 1.29 is 24.0 Å². The lowest BCUT2D eigenvalue weighted by Gasteiger charge is -2.31. The average Bonchev–Trinajstić information content (AvgIpc) is 2.98. The van der Waals surface area contributed by atoms with Crippen molar-refractivity contribution in [1.29, 1.82) is 0 Å². The van der Waals surface area contributed by atoms with E-state index >= 15 is 0 Å². The van der Waals surface area contributed by atoms with Crippen LogP contribution in [-0.2, 0) is 20.7 Å². The van der Waals surface area contributed by atoms with E-state index in [2.05, 4.69) is 15.4 Å². The summed E-state index contributed by atoms with van der Waals surface area (Å²) in [6, 6.07) is 17.9. The Morgan fingerprint density at radius 2 is 1.68 bits per heavy atom. The van der Waals surface area contributed by atoms with Crippen molar-refractivity contribution in [3.63, 3.8) is 0 Å². The van der Waals surface area contributed by atoms with Gasteiger partial charge in [0.15, 0.2) is 0 Å². The summed E-state index contributed by atoms with van der Waals surface area (Å²) in [5.41, 5.74) is 3.84. The second kappa shape index (κ2) is 15.6. The highest BCUT2D eigenvalue weighted by atomic mass is 35.5. The Morgan fingerprint density at radius 3 is 2.32 bits per heavy atom. The van der Waals surface area contributed by atoms with Crippen LogP contribution in [0.1, 0.15) is 28.8 Å². The van der Waals surface area contributed by atoms with Crippen molar-refractivity contribution in [2.45, 2.75) is 19.3 Å². The van der Waals surface area contributed by atoms with Crippen LogP contribution >= 0.6 is 23.2 Å². The number of ether oxygens (including phenoxy) is 1. The highest BCUT2D eigenvalue weighted by Gasteiger charge is 2.21. The van der Waals surface area contributed by atoms with Gasteiger partial charge in [-0.2, -0.15) is 0 Å². The van der Waals surface area contributed by atoms with Crippen molar-refractivity contribution in [3.05, 3.63) is 92.0 Å². The molecule has 0 aliphatic carbocycles. The van der Waals surface area contributed by atoms with Gasteiger partial charge in [0.2, 0.25) is 5.91 Å². The van der Waals surface area contributed by atoms with Gasteiger partial charge in [-0.15, -0.1) is 0 Å². The molecule has 0 unspecified atom stereocenters. The molecule has 0 spiro atoms. The quantitative estimate of drug-likeness (QED) is 0.144. The molecular weight excluding hydrogens is 571 g/mol. The van der Waals surface area contributed by atoms with Gasteiger partial charge >= 0.3 is 0 Å². The first kappa shape index (κ1) is 31.4. The second-order valence-corrected chi connectivity index (χ2v) is 9.84. The van der Waals surface area contributed by atoms with E-state index in [1.165, 1.54) is 13.2 Å². The molecule has 2 amide bonds. The van der Waals surface area contributed by atoms with Gasteiger partial charge in [0, 0.05) is 50.4 Å². The molecule has 2 N–H and O–H groups in total. The number of nitrogens with zero attached hydrogens (tertiary/aromatic N) is 2. The fraction of sp³-hybridized carbons (Fsp3) is 0.276. The summed E-state index contributed by atoms with van der Waals surface area (Å²) in [6.45, 7) is 2.01. The lowest BCUT2D eigenvalue weighted by Crippen LogP contribution is -2.37. The zero-order valence-electron chi connectivity index (χ0n) is 22.4. The van der Waals surface area contributed by atoms with E-state index in [4.69, 9.17) is 28.0 Å². The smallest absolute Gasteiger partial charge is 0.292 e. The zero-order chi connectivity index (χ0) is 29.8. The maximum absolute atomic E-state index is 12.7. The number of nitro groups is 1. The number of non-ortho nitro benzene ring substituents is 1. The predicted octanol–water partition coefficient (Wildman–Crippen LogP) is 5.05. The van der Waals surface area contributed by atoms with Crippen LogP contribution in [0.5, 0.6) is 0 Å². The van der Waals surface area contributed by atoms with Crippen LogP contribution in [0.3, 0.4) is 0 Å². The fourth-order valence-electron chi connectivity index (χ4n) is 4.36. The number of hydrogen-bond acceptors (Lipinski definition) is 7. The third-order valence-corrected chi connectivity index (χ3v) is 6.90. The molecule has 0 radical (unpaired) electrons. The number of carbonyl (C=O) groups is 3. The minimum atomic E-state index is -0.421. The van der Waals surface area contributed by atoms with Gasteiger partial charge in [-0.05, 0) is 41.7 Å². The number of anilines is 1. The number of carbonyl (C=O) groups excluding carboxylic acids is 3. The Hall–Kier alpha value is -4.15. The summed E-state index contributed by atoms with van der Waals surface area (Å²) >= 11 is 12.7. The molecule has 12 heteroatoms. The molecule has 41 heavy (non-hydrogen) atoms. The third-order valence-electron chi connectivity index (χ3n) is 6.31. The normalized spacial score (nSPS) is 11.8. The van der Waals surface area contributed by atoms with Gasteiger partial charge < -0.3 is 20.3 Å². The number of fused-ring (bicyclic) bond motifs is 1. The number of rotatable bonds is 10. The van der Waals surface area contributed by atoms with Crippen LogP contribution in [0.2, 0.25) is 10.0 Å². The lowest BCUT2D eigenvalue weighted by atomic mass is 10.0. The number of nitro benzene ring substituents is 1. The third kappa shape index (κ3) is 8.92. The molecule has 3 aromatic rings. The molecule has 0 atom stereocenters. The maximum Gasteiger partial charge on any atom is 0.292 e. The molecule has 0 aromatic heterocycles. The molecule has 0 saturated heterocycles. The van der Waals surface area contributed by atoms with E-state index in [-0.39, 0.29) is 46.7 Å². The second-order valence-electron chi connectivity index (χ2n) is 9.03. The van der Waals surface area contributed by atoms with Crippen LogP contribution in [0.25, 0.3) is 11.1 Å². The lowest BCUT2D eigenvalue weighted by molar-refractivity contribution is -0.384. The number of benzene rings is 3. The first-order chi connectivity index (χ1) is 19.7. The van der Waals surface area contributed by atoms with Crippen LogP contribution in [-0.4, -0.2) is 56.5 Å². The molecule has 4 rings (SSSR count). The number of methoxy groups -OCH3 is 1. The minimum Gasteiger partial charge on any atom is -0.471 e. The predicted molar refractivity (Wildman–Crippen MR) is 159 cm³/mol. The Balaban J connectivity index is 0.00000108. The minimum absolute atomic E-state index is 0.0424. The number of halogens is 2. The van der Waals surface area contributed by atoms with Gasteiger partial charge in [-0.25, -0.2) is 0 Å². The van der Waals surface area contributed by atoms with Crippen molar-refractivity contribution in [2.75, 3.05) is 38.2 Å². The van der Waals surface area contributed by atoms with Gasteiger partial charge in [0.05, 0.1) is 27.6 Å². The average molecular weight is 601 g/mol. The molecule has 0 bridgehead atoms. The largest absolute Gasteiger partial charge is 0.471 e. The monoisotopic (exact) mass is 600 g/mol. The number of amides is 2. The number of aryl methyl sites for hydroxylation is 1. The first-order valence-electron chi connectivity index (χ1n) is 12.8. The topological polar surface area (TPSA) is 131 Å². The van der Waals surface area contributed by atoms with Gasteiger partial charge in [0.1, 0.15) is 0 Å². The first-order valence-corrected chi connectivity index (χ1v) is 13.6. The molecular formula is C29H30Cl2N4O6. The highest BCUT2D eigenvalue weighted by molar-refractivity contribution is 6.40. The van der Waals surface area contributed by atoms with Crippen LogP contribution in [0.4, 0.5) is 11.4 Å². The van der Waals surface area contributed by atoms with E-state index in [0.717, 1.165) is 41.8 Å². The van der Waals surface area contributed by atoms with E-state index in [1.807, 2.05) is 35.2 Å². The Bertz CT molecular complexity index is 1360. The molecule has 1 heterocycles. The van der Waals surface area contributed by atoms with Crippen molar-refractivity contribution in [1.82, 2.24) is 10.6 Å².